The van der Waals surface area contributed by atoms with Gasteiger partial charge in [0, 0.05) is 5.56 Å². The number of rotatable bonds is 1. The zero-order chi connectivity index (χ0) is 12.8. The second-order valence-electron chi connectivity index (χ2n) is 5.36. The van der Waals surface area contributed by atoms with E-state index in [1.807, 2.05) is 11.8 Å². The maximum Gasteiger partial charge on any atom is 0.0997 e. The van der Waals surface area contributed by atoms with E-state index in [-0.39, 0.29) is 10.3 Å². The molecule has 0 saturated heterocycles. The largest absolute Gasteiger partial charge is 0.265 e. The van der Waals surface area contributed by atoms with Gasteiger partial charge in [0.1, 0.15) is 0 Å². The monoisotopic (exact) mass is 255 g/mol. The topological polar surface area (TPSA) is 12.4 Å². The van der Waals surface area contributed by atoms with E-state index in [1.54, 1.807) is 0 Å². The molecule has 2 heteroatoms. The fourth-order valence-electron chi connectivity index (χ4n) is 2.36. The smallest absolute Gasteiger partial charge is 0.0997 e. The molecular formula is C16H17NS. The van der Waals surface area contributed by atoms with Gasteiger partial charge in [0.05, 0.1) is 15.3 Å². The van der Waals surface area contributed by atoms with E-state index in [1.165, 1.54) is 11.1 Å². The molecule has 0 fully saturated rings. The molecule has 0 amide bonds. The van der Waals surface area contributed by atoms with Gasteiger partial charge in [0.25, 0.3) is 0 Å². The Bertz CT molecular complexity index is 567. The number of nitrogens with zero attached hydrogens (tertiary/aromatic N) is 1. The minimum absolute atomic E-state index is 0.0436. The van der Waals surface area contributed by atoms with Gasteiger partial charge in [-0.05, 0) is 20.8 Å². The molecule has 0 saturated carbocycles. The third-order valence-electron chi connectivity index (χ3n) is 3.89. The summed E-state index contributed by atoms with van der Waals surface area (Å²) in [7, 11) is 0. The Kier molecular flexibility index (Phi) is 2.53. The molecule has 1 nitrogen and oxygen atoms in total. The van der Waals surface area contributed by atoms with Crippen molar-refractivity contribution >= 4 is 16.8 Å². The highest BCUT2D eigenvalue weighted by atomic mass is 32.2. The maximum atomic E-state index is 4.96. The van der Waals surface area contributed by atoms with Crippen LogP contribution in [0.25, 0.3) is 0 Å². The number of benzene rings is 1. The summed E-state index contributed by atoms with van der Waals surface area (Å²) in [6, 6.07) is 8.63. The van der Waals surface area contributed by atoms with Crippen LogP contribution >= 0.6 is 11.8 Å². The number of hydrogen-bond donors (Lipinski definition) is 0. The van der Waals surface area contributed by atoms with E-state index in [2.05, 4.69) is 69.3 Å². The Balaban J connectivity index is 2.02. The highest BCUT2D eigenvalue weighted by molar-refractivity contribution is 8.16. The van der Waals surface area contributed by atoms with E-state index in [4.69, 9.17) is 4.99 Å². The molecule has 0 bridgehead atoms. The number of allylic oxidation sites excluding steroid dienone is 2. The summed E-state index contributed by atoms with van der Waals surface area (Å²) < 4.78 is 0.0436. The Morgan fingerprint density at radius 2 is 1.67 bits per heavy atom. The van der Waals surface area contributed by atoms with Crippen molar-refractivity contribution in [1.82, 2.24) is 0 Å². The van der Waals surface area contributed by atoms with Gasteiger partial charge in [-0.2, -0.15) is 0 Å². The van der Waals surface area contributed by atoms with E-state index < -0.39 is 0 Å². The number of thioether (sulfide) groups is 1. The van der Waals surface area contributed by atoms with Crippen LogP contribution in [0.5, 0.6) is 0 Å². The van der Waals surface area contributed by atoms with Crippen LogP contribution in [0.15, 0.2) is 53.6 Å². The van der Waals surface area contributed by atoms with Crippen LogP contribution in [0.1, 0.15) is 25.0 Å². The average Bonchev–Trinajstić information content (AvgIpc) is 2.62. The summed E-state index contributed by atoms with van der Waals surface area (Å²) in [6.07, 6.45) is 8.70. The lowest BCUT2D eigenvalue weighted by atomic mass is 9.83. The second-order valence-corrected chi connectivity index (χ2v) is 6.80. The Labute approximate surface area is 113 Å². The molecule has 92 valence electrons. The van der Waals surface area contributed by atoms with Crippen molar-refractivity contribution in [1.29, 1.82) is 0 Å². The van der Waals surface area contributed by atoms with Crippen molar-refractivity contribution in [3.63, 3.8) is 0 Å². The quantitative estimate of drug-likeness (QED) is 0.735. The third-order valence-corrected chi connectivity index (χ3v) is 5.39. The second kappa shape index (κ2) is 3.86. The van der Waals surface area contributed by atoms with Crippen LogP contribution in [-0.4, -0.2) is 15.3 Å². The van der Waals surface area contributed by atoms with Crippen LogP contribution < -0.4 is 0 Å². The van der Waals surface area contributed by atoms with E-state index in [0.717, 1.165) is 5.04 Å². The number of aliphatic imine (C=N–C) groups is 1. The number of fused-ring (bicyclic) bond motifs is 1. The normalized spacial score (nSPS) is 33.4. The molecule has 1 aliphatic carbocycles. The van der Waals surface area contributed by atoms with E-state index in [0.29, 0.717) is 0 Å². The molecular weight excluding hydrogens is 238 g/mol. The minimum Gasteiger partial charge on any atom is -0.265 e. The summed E-state index contributed by atoms with van der Waals surface area (Å²) in [5.41, 5.74) is 2.40. The van der Waals surface area contributed by atoms with Gasteiger partial charge in [0.2, 0.25) is 0 Å². The van der Waals surface area contributed by atoms with Crippen LogP contribution in [-0.2, 0) is 0 Å². The molecule has 0 radical (unpaired) electrons. The van der Waals surface area contributed by atoms with Crippen LogP contribution in [0.3, 0.4) is 0 Å². The summed E-state index contributed by atoms with van der Waals surface area (Å²) in [5, 5.41) is 1.15. The molecule has 2 unspecified atom stereocenters. The predicted octanol–water partition coefficient (Wildman–Crippen LogP) is 4.13. The first-order valence-corrected chi connectivity index (χ1v) is 7.07. The zero-order valence-corrected chi connectivity index (χ0v) is 11.8. The van der Waals surface area contributed by atoms with Crippen LogP contribution in [0.4, 0.5) is 0 Å². The van der Waals surface area contributed by atoms with Gasteiger partial charge in [-0.1, -0.05) is 65.9 Å². The molecule has 0 N–H and O–H groups in total. The van der Waals surface area contributed by atoms with Gasteiger partial charge < -0.3 is 0 Å². The van der Waals surface area contributed by atoms with Gasteiger partial charge in [-0.25, -0.2) is 0 Å². The lowest BCUT2D eigenvalue weighted by Crippen LogP contribution is -2.40. The molecule has 1 aromatic rings. The van der Waals surface area contributed by atoms with Crippen molar-refractivity contribution in [2.75, 3.05) is 0 Å². The first kappa shape index (κ1) is 11.8. The fraction of sp³-hybridized carbons (Fsp3) is 0.312. The van der Waals surface area contributed by atoms with Crippen molar-refractivity contribution < 1.29 is 0 Å². The lowest BCUT2D eigenvalue weighted by molar-refractivity contribution is 0.509. The molecule has 1 heterocycles. The zero-order valence-electron chi connectivity index (χ0n) is 11.0. The Morgan fingerprint density at radius 3 is 2.33 bits per heavy atom. The summed E-state index contributed by atoms with van der Waals surface area (Å²) in [4.78, 5) is 4.96. The van der Waals surface area contributed by atoms with Gasteiger partial charge in [0.15, 0.2) is 0 Å². The number of aryl methyl sites for hydroxylation is 1. The van der Waals surface area contributed by atoms with Crippen molar-refractivity contribution in [2.45, 2.75) is 31.1 Å². The molecule has 2 atom stereocenters. The third kappa shape index (κ3) is 1.67. The summed E-state index contributed by atoms with van der Waals surface area (Å²) >= 11 is 1.87. The SMILES string of the molecule is Cc1ccc(C2=NC3(C)C=CC=CC3(C)S2)cc1. The number of hydrogen-bond acceptors (Lipinski definition) is 2. The first-order valence-electron chi connectivity index (χ1n) is 6.25. The van der Waals surface area contributed by atoms with Crippen molar-refractivity contribution in [3.8, 4) is 0 Å². The molecule has 2 aliphatic rings. The van der Waals surface area contributed by atoms with Crippen molar-refractivity contribution in [3.05, 3.63) is 59.7 Å². The summed E-state index contributed by atoms with van der Waals surface area (Å²) in [6.45, 7) is 6.59. The van der Waals surface area contributed by atoms with E-state index in [9.17, 15) is 0 Å². The van der Waals surface area contributed by atoms with Gasteiger partial charge in [-0.3, -0.25) is 4.99 Å². The molecule has 0 spiro atoms. The van der Waals surface area contributed by atoms with Crippen LogP contribution in [0, 0.1) is 6.92 Å². The molecule has 0 aromatic heterocycles. The molecule has 1 aliphatic heterocycles. The van der Waals surface area contributed by atoms with Gasteiger partial charge in [-0.15, -0.1) is 0 Å². The molecule has 3 rings (SSSR count). The Hall–Kier alpha value is -1.28. The highest BCUT2D eigenvalue weighted by Gasteiger charge is 2.48. The molecule has 18 heavy (non-hydrogen) atoms. The first-order chi connectivity index (χ1) is 8.52. The maximum absolute atomic E-state index is 4.96. The van der Waals surface area contributed by atoms with Crippen LogP contribution in [0.2, 0.25) is 0 Å². The lowest BCUT2D eigenvalue weighted by Gasteiger charge is -2.35. The summed E-state index contributed by atoms with van der Waals surface area (Å²) in [5.74, 6) is 0. The standard InChI is InChI=1S/C16H17NS/c1-12-6-8-13(9-7-12)14-17-15(2)10-4-5-11-16(15,3)18-14/h4-11H,1-3H3. The minimum atomic E-state index is -0.118. The fourth-order valence-corrected chi connectivity index (χ4v) is 3.71. The molecule has 1 aromatic carbocycles. The highest BCUT2D eigenvalue weighted by Crippen LogP contribution is 2.50. The van der Waals surface area contributed by atoms with E-state index >= 15 is 0 Å². The van der Waals surface area contributed by atoms with Gasteiger partial charge >= 0.3 is 0 Å². The van der Waals surface area contributed by atoms with Crippen molar-refractivity contribution in [2.24, 2.45) is 4.99 Å². The average molecular weight is 255 g/mol. The Morgan fingerprint density at radius 1 is 1.00 bits per heavy atom. The predicted molar refractivity (Wildman–Crippen MR) is 80.4 cm³/mol.